The molecule has 3 aromatic carbocycles. The van der Waals surface area contributed by atoms with E-state index < -0.39 is 0 Å². The number of carbonyl (C=O) groups is 1. The van der Waals surface area contributed by atoms with Gasteiger partial charge >= 0.3 is 0 Å². The zero-order valence-corrected chi connectivity index (χ0v) is 29.7. The summed E-state index contributed by atoms with van der Waals surface area (Å²) in [5.74, 6) is 1.89. The number of unbranched alkanes of at least 4 members (excludes halogenated alkanes) is 1. The Kier molecular flexibility index (Phi) is 14.1. The van der Waals surface area contributed by atoms with Crippen LogP contribution >= 0.6 is 11.6 Å². The van der Waals surface area contributed by atoms with Crippen LogP contribution in [-0.4, -0.2) is 44.8 Å². The first kappa shape index (κ1) is 36.3. The van der Waals surface area contributed by atoms with Gasteiger partial charge in [-0.1, -0.05) is 78.1 Å². The Hall–Kier alpha value is -3.22. The average Bonchev–Trinajstić information content (AvgIpc) is 3.68. The SMILES string of the molecule is CC.CCCC.CCc1cc(Cl)cc(CC)c1NC(=O)CN1C[C@H](c2cc3c(cc2C)OCO3)C[C@@H]1c1ccc(N(C)C)cc1. The summed E-state index contributed by atoms with van der Waals surface area (Å²) < 4.78 is 11.3. The van der Waals surface area contributed by atoms with Crippen molar-refractivity contribution in [2.75, 3.05) is 44.2 Å². The molecule has 3 aromatic rings. The maximum atomic E-state index is 13.5. The number of likely N-dealkylation sites (tertiary alicyclic amines) is 1. The molecule has 2 aliphatic heterocycles. The molecule has 45 heavy (non-hydrogen) atoms. The fourth-order valence-electron chi connectivity index (χ4n) is 5.95. The lowest BCUT2D eigenvalue weighted by atomic mass is 9.90. The van der Waals surface area contributed by atoms with Gasteiger partial charge in [-0.05, 0) is 96.3 Å². The number of carbonyl (C=O) groups excluding carboxylic acids is 1. The molecule has 6 nitrogen and oxygen atoms in total. The lowest BCUT2D eigenvalue weighted by Gasteiger charge is -2.25. The van der Waals surface area contributed by atoms with Crippen molar-refractivity contribution in [3.05, 3.63) is 81.4 Å². The minimum absolute atomic E-state index is 0.000284. The molecule has 1 saturated heterocycles. The molecule has 2 heterocycles. The Morgan fingerprint density at radius 1 is 0.933 bits per heavy atom. The molecule has 5 rings (SSSR count). The number of nitrogens with zero attached hydrogens (tertiary/aromatic N) is 2. The number of nitrogens with one attached hydrogen (secondary N) is 1. The summed E-state index contributed by atoms with van der Waals surface area (Å²) in [6, 6.07) is 17.0. The van der Waals surface area contributed by atoms with E-state index in [1.165, 1.54) is 29.5 Å². The summed E-state index contributed by atoms with van der Waals surface area (Å²) in [6.45, 7) is 16.0. The van der Waals surface area contributed by atoms with Crippen molar-refractivity contribution in [1.82, 2.24) is 4.90 Å². The Balaban J connectivity index is 0.000000853. The molecule has 0 aliphatic carbocycles. The van der Waals surface area contributed by atoms with Gasteiger partial charge in [0.1, 0.15) is 0 Å². The Morgan fingerprint density at radius 3 is 2.04 bits per heavy atom. The Labute approximate surface area is 277 Å². The lowest BCUT2D eigenvalue weighted by Crippen LogP contribution is -2.33. The van der Waals surface area contributed by atoms with Gasteiger partial charge in [-0.15, -0.1) is 0 Å². The van der Waals surface area contributed by atoms with Gasteiger partial charge in [0.2, 0.25) is 12.7 Å². The first-order valence-corrected chi connectivity index (χ1v) is 17.1. The van der Waals surface area contributed by atoms with Crippen LogP contribution in [0.5, 0.6) is 11.5 Å². The number of benzene rings is 3. The summed E-state index contributed by atoms with van der Waals surface area (Å²) >= 11 is 6.35. The van der Waals surface area contributed by atoms with Gasteiger partial charge in [0, 0.05) is 43.1 Å². The number of fused-ring (bicyclic) bond motifs is 1. The highest BCUT2D eigenvalue weighted by atomic mass is 35.5. The zero-order chi connectivity index (χ0) is 33.1. The molecule has 1 fully saturated rings. The molecule has 0 aromatic heterocycles. The number of amides is 1. The molecule has 246 valence electrons. The van der Waals surface area contributed by atoms with Crippen LogP contribution in [0.1, 0.15) is 101 Å². The minimum atomic E-state index is -0.000284. The van der Waals surface area contributed by atoms with E-state index >= 15 is 0 Å². The highest BCUT2D eigenvalue weighted by Crippen LogP contribution is 2.45. The van der Waals surface area contributed by atoms with Crippen molar-refractivity contribution in [1.29, 1.82) is 0 Å². The number of halogens is 1. The highest BCUT2D eigenvalue weighted by molar-refractivity contribution is 6.30. The third kappa shape index (κ3) is 9.17. The average molecular weight is 636 g/mol. The van der Waals surface area contributed by atoms with Crippen LogP contribution in [-0.2, 0) is 17.6 Å². The minimum Gasteiger partial charge on any atom is -0.454 e. The van der Waals surface area contributed by atoms with Crippen LogP contribution in [0.4, 0.5) is 11.4 Å². The molecule has 2 aliphatic rings. The monoisotopic (exact) mass is 635 g/mol. The number of rotatable bonds is 9. The summed E-state index contributed by atoms with van der Waals surface area (Å²) in [7, 11) is 4.09. The molecule has 0 radical (unpaired) electrons. The maximum Gasteiger partial charge on any atom is 0.238 e. The van der Waals surface area contributed by atoms with Crippen molar-refractivity contribution in [3.8, 4) is 11.5 Å². The predicted octanol–water partition coefficient (Wildman–Crippen LogP) is 9.57. The van der Waals surface area contributed by atoms with E-state index in [4.69, 9.17) is 21.1 Å². The van der Waals surface area contributed by atoms with Gasteiger partial charge in [-0.2, -0.15) is 0 Å². The maximum absolute atomic E-state index is 13.5. The van der Waals surface area contributed by atoms with E-state index in [0.717, 1.165) is 59.8 Å². The first-order valence-electron chi connectivity index (χ1n) is 16.7. The second-order valence-electron chi connectivity index (χ2n) is 11.8. The van der Waals surface area contributed by atoms with E-state index in [1.54, 1.807) is 0 Å². The van der Waals surface area contributed by atoms with E-state index in [0.29, 0.717) is 11.6 Å². The largest absolute Gasteiger partial charge is 0.454 e. The number of hydrogen-bond acceptors (Lipinski definition) is 5. The van der Waals surface area contributed by atoms with Gasteiger partial charge in [0.15, 0.2) is 11.5 Å². The fraction of sp³-hybridized carbons (Fsp3) is 0.500. The predicted molar refractivity (Wildman–Crippen MR) is 191 cm³/mol. The molecule has 7 heteroatoms. The molecule has 0 bridgehead atoms. The number of hydrogen-bond donors (Lipinski definition) is 1. The van der Waals surface area contributed by atoms with Gasteiger partial charge in [-0.25, -0.2) is 0 Å². The van der Waals surface area contributed by atoms with Crippen LogP contribution in [0.15, 0.2) is 48.5 Å². The second kappa shape index (κ2) is 17.5. The van der Waals surface area contributed by atoms with E-state index in [-0.39, 0.29) is 24.7 Å². The van der Waals surface area contributed by atoms with Crippen molar-refractivity contribution in [2.24, 2.45) is 0 Å². The van der Waals surface area contributed by atoms with E-state index in [9.17, 15) is 4.79 Å². The van der Waals surface area contributed by atoms with Crippen LogP contribution in [0, 0.1) is 6.92 Å². The van der Waals surface area contributed by atoms with E-state index in [1.807, 2.05) is 40.1 Å². The summed E-state index contributed by atoms with van der Waals surface area (Å²) in [5.41, 5.74) is 7.88. The quantitative estimate of drug-likeness (QED) is 0.254. The highest BCUT2D eigenvalue weighted by Gasteiger charge is 2.36. The molecule has 2 atom stereocenters. The Bertz CT molecular complexity index is 1360. The standard InChI is InChI=1S/C32H38ClN3O3.C4H10.C2H6/c1-6-21-13-25(33)14-22(7-2)32(21)34-31(37)18-36-17-24(27-16-30-29(12-20(27)3)38-19-39-30)15-28(36)23-8-10-26(11-9-23)35(4)5;1-3-4-2;1-2/h8-14,16,24,28H,6-7,15,17-19H2,1-5H3,(H,34,37);3-4H2,1-2H3;1-2H3/t24-,28-;;/m1../s1. The first-order chi connectivity index (χ1) is 21.7. The molecular formula is C38H54ClN3O3. The molecule has 1 amide bonds. The summed E-state index contributed by atoms with van der Waals surface area (Å²) in [5, 5.41) is 3.96. The van der Waals surface area contributed by atoms with Crippen LogP contribution in [0.25, 0.3) is 0 Å². The van der Waals surface area contributed by atoms with Gasteiger partial charge in [0.05, 0.1) is 6.54 Å². The fourth-order valence-corrected chi connectivity index (χ4v) is 6.21. The summed E-state index contributed by atoms with van der Waals surface area (Å²) in [6.07, 6.45) is 5.18. The van der Waals surface area contributed by atoms with Crippen molar-refractivity contribution in [2.45, 2.75) is 92.5 Å². The van der Waals surface area contributed by atoms with Crippen LogP contribution in [0.2, 0.25) is 5.02 Å². The second-order valence-corrected chi connectivity index (χ2v) is 12.2. The van der Waals surface area contributed by atoms with Crippen molar-refractivity contribution < 1.29 is 14.3 Å². The molecule has 0 unspecified atom stereocenters. The molecule has 0 spiro atoms. The topological polar surface area (TPSA) is 54.0 Å². The smallest absolute Gasteiger partial charge is 0.238 e. The van der Waals surface area contributed by atoms with Crippen molar-refractivity contribution >= 4 is 28.9 Å². The van der Waals surface area contributed by atoms with Gasteiger partial charge in [0.25, 0.3) is 0 Å². The lowest BCUT2D eigenvalue weighted by molar-refractivity contribution is -0.117. The van der Waals surface area contributed by atoms with Crippen LogP contribution in [0.3, 0.4) is 0 Å². The van der Waals surface area contributed by atoms with Gasteiger partial charge < -0.3 is 19.7 Å². The Morgan fingerprint density at radius 2 is 1.51 bits per heavy atom. The van der Waals surface area contributed by atoms with Crippen molar-refractivity contribution in [3.63, 3.8) is 0 Å². The van der Waals surface area contributed by atoms with E-state index in [2.05, 4.69) is 86.1 Å². The molecule has 1 N–H and O–H groups in total. The third-order valence-corrected chi connectivity index (χ3v) is 8.76. The number of ether oxygens (including phenoxy) is 2. The number of aryl methyl sites for hydroxylation is 3. The molecular weight excluding hydrogens is 582 g/mol. The normalized spacial score (nSPS) is 16.8. The van der Waals surface area contributed by atoms with Crippen LogP contribution < -0.4 is 19.7 Å². The molecule has 0 saturated carbocycles. The summed E-state index contributed by atoms with van der Waals surface area (Å²) in [4.78, 5) is 18.0. The third-order valence-electron chi connectivity index (χ3n) is 8.54. The zero-order valence-electron chi connectivity index (χ0n) is 28.9. The van der Waals surface area contributed by atoms with Gasteiger partial charge in [-0.3, -0.25) is 9.69 Å². The number of anilines is 2.